The number of ether oxygens (including phenoxy) is 2. The number of benzene rings is 2. The molecule has 1 amide bonds. The Labute approximate surface area is 203 Å². The van der Waals surface area contributed by atoms with Crippen LogP contribution in [0, 0.1) is 3.57 Å². The number of hydrogen-bond acceptors (Lipinski definition) is 5. The monoisotopic (exact) mass is 569 g/mol. The first-order valence-electron chi connectivity index (χ1n) is 9.24. The smallest absolute Gasteiger partial charge is 0.272 e. The molecule has 9 heteroatoms. The molecule has 31 heavy (non-hydrogen) atoms. The third-order valence-corrected chi connectivity index (χ3v) is 5.54. The number of halogens is 3. The second-order valence-electron chi connectivity index (χ2n) is 6.24. The molecule has 3 aromatic rings. The molecular formula is C22H18Cl2IN3O3. The van der Waals surface area contributed by atoms with Crippen LogP contribution in [0.4, 0.5) is 0 Å². The van der Waals surface area contributed by atoms with Gasteiger partial charge in [-0.15, -0.1) is 0 Å². The molecule has 0 saturated heterocycles. The zero-order chi connectivity index (χ0) is 22.2. The Kier molecular flexibility index (Phi) is 8.51. The first-order chi connectivity index (χ1) is 15.0. The van der Waals surface area contributed by atoms with Crippen LogP contribution in [0.3, 0.4) is 0 Å². The lowest BCUT2D eigenvalue weighted by Crippen LogP contribution is -2.17. The standard InChI is InChI=1S/C22H18Cl2IN3O3/c1-2-30-20-10-15(11-27-28-22(29)16-4-3-7-26-12-16)9-19(25)21(20)31-13-14-5-6-17(23)18(24)8-14/h3-12H,2,13H2,1H3,(H,28,29)/b27-11+. The molecule has 0 spiro atoms. The summed E-state index contributed by atoms with van der Waals surface area (Å²) in [5.41, 5.74) is 4.55. The summed E-state index contributed by atoms with van der Waals surface area (Å²) in [4.78, 5) is 16.0. The normalized spacial score (nSPS) is 10.8. The highest BCUT2D eigenvalue weighted by atomic mass is 127. The summed E-state index contributed by atoms with van der Waals surface area (Å²) >= 11 is 14.2. The van der Waals surface area contributed by atoms with E-state index in [0.717, 1.165) is 14.7 Å². The van der Waals surface area contributed by atoms with Gasteiger partial charge >= 0.3 is 0 Å². The summed E-state index contributed by atoms with van der Waals surface area (Å²) in [5.74, 6) is 0.852. The van der Waals surface area contributed by atoms with Crippen LogP contribution >= 0.6 is 45.8 Å². The molecule has 160 valence electrons. The number of aromatic nitrogens is 1. The lowest BCUT2D eigenvalue weighted by Gasteiger charge is -2.15. The van der Waals surface area contributed by atoms with Gasteiger partial charge in [-0.2, -0.15) is 5.10 Å². The maximum absolute atomic E-state index is 12.1. The van der Waals surface area contributed by atoms with Crippen molar-refractivity contribution in [2.45, 2.75) is 13.5 Å². The molecule has 1 aromatic heterocycles. The molecule has 0 saturated carbocycles. The van der Waals surface area contributed by atoms with Crippen molar-refractivity contribution in [3.05, 3.63) is 85.2 Å². The van der Waals surface area contributed by atoms with E-state index in [-0.39, 0.29) is 5.91 Å². The molecular weight excluding hydrogens is 552 g/mol. The SMILES string of the molecule is CCOc1cc(/C=N/NC(=O)c2cccnc2)cc(I)c1OCc1ccc(Cl)c(Cl)c1. The highest BCUT2D eigenvalue weighted by Gasteiger charge is 2.13. The minimum absolute atomic E-state index is 0.307. The average Bonchev–Trinajstić information content (AvgIpc) is 2.76. The third kappa shape index (κ3) is 6.56. The first kappa shape index (κ1) is 23.3. The third-order valence-electron chi connectivity index (χ3n) is 4.00. The van der Waals surface area contributed by atoms with Crippen LogP contribution in [-0.2, 0) is 6.61 Å². The van der Waals surface area contributed by atoms with Crippen LogP contribution in [0.25, 0.3) is 0 Å². The van der Waals surface area contributed by atoms with E-state index in [1.165, 1.54) is 6.20 Å². The number of hydrazone groups is 1. The van der Waals surface area contributed by atoms with E-state index < -0.39 is 0 Å². The summed E-state index contributed by atoms with van der Waals surface area (Å²) in [6, 6.07) is 12.4. The van der Waals surface area contributed by atoms with Gasteiger partial charge in [-0.05, 0) is 77.0 Å². The van der Waals surface area contributed by atoms with Crippen LogP contribution < -0.4 is 14.9 Å². The van der Waals surface area contributed by atoms with Gasteiger partial charge < -0.3 is 9.47 Å². The van der Waals surface area contributed by atoms with Crippen LogP contribution in [0.15, 0.2) is 60.0 Å². The second kappa shape index (κ2) is 11.3. The fourth-order valence-corrected chi connectivity index (χ4v) is 3.68. The number of carbonyl (C=O) groups excluding carboxylic acids is 1. The van der Waals surface area contributed by atoms with Crippen molar-refractivity contribution in [3.8, 4) is 11.5 Å². The van der Waals surface area contributed by atoms with Crippen molar-refractivity contribution in [1.29, 1.82) is 0 Å². The Morgan fingerprint density at radius 3 is 2.74 bits per heavy atom. The van der Waals surface area contributed by atoms with Crippen molar-refractivity contribution in [3.63, 3.8) is 0 Å². The molecule has 0 unspecified atom stereocenters. The van der Waals surface area contributed by atoms with Gasteiger partial charge in [0.25, 0.3) is 5.91 Å². The van der Waals surface area contributed by atoms with Gasteiger partial charge in [-0.25, -0.2) is 5.43 Å². The molecule has 2 aromatic carbocycles. The quantitative estimate of drug-likeness (QED) is 0.213. The van der Waals surface area contributed by atoms with E-state index >= 15 is 0 Å². The van der Waals surface area contributed by atoms with Gasteiger partial charge in [-0.3, -0.25) is 9.78 Å². The summed E-state index contributed by atoms with van der Waals surface area (Å²) in [7, 11) is 0. The van der Waals surface area contributed by atoms with Crippen LogP contribution in [0.2, 0.25) is 10.0 Å². The van der Waals surface area contributed by atoms with Gasteiger partial charge in [-0.1, -0.05) is 29.3 Å². The maximum atomic E-state index is 12.1. The van der Waals surface area contributed by atoms with Crippen LogP contribution in [-0.4, -0.2) is 23.7 Å². The highest BCUT2D eigenvalue weighted by molar-refractivity contribution is 14.1. The Hall–Kier alpha value is -2.36. The Morgan fingerprint density at radius 2 is 2.03 bits per heavy atom. The second-order valence-corrected chi connectivity index (χ2v) is 8.22. The molecule has 3 rings (SSSR count). The van der Waals surface area contributed by atoms with Crippen molar-refractivity contribution in [2.75, 3.05) is 6.61 Å². The first-order valence-corrected chi connectivity index (χ1v) is 11.1. The molecule has 6 nitrogen and oxygen atoms in total. The van der Waals surface area contributed by atoms with Gasteiger partial charge in [0.2, 0.25) is 0 Å². The van der Waals surface area contributed by atoms with Gasteiger partial charge in [0.05, 0.1) is 32.0 Å². The van der Waals surface area contributed by atoms with Crippen LogP contribution in [0.5, 0.6) is 11.5 Å². The summed E-state index contributed by atoms with van der Waals surface area (Å²) in [5, 5.41) is 4.99. The fourth-order valence-electron chi connectivity index (χ4n) is 2.58. The van der Waals surface area contributed by atoms with Crippen LogP contribution in [0.1, 0.15) is 28.4 Å². The van der Waals surface area contributed by atoms with E-state index in [2.05, 4.69) is 38.1 Å². The largest absolute Gasteiger partial charge is 0.490 e. The Morgan fingerprint density at radius 1 is 1.19 bits per heavy atom. The number of hydrogen-bond donors (Lipinski definition) is 1. The minimum atomic E-state index is -0.342. The van der Waals surface area contributed by atoms with Gasteiger partial charge in [0.1, 0.15) is 6.61 Å². The molecule has 0 fully saturated rings. The zero-order valence-electron chi connectivity index (χ0n) is 16.4. The van der Waals surface area contributed by atoms with E-state index in [0.29, 0.717) is 40.3 Å². The van der Waals surface area contributed by atoms with E-state index in [4.69, 9.17) is 32.7 Å². The van der Waals surface area contributed by atoms with E-state index in [9.17, 15) is 4.79 Å². The van der Waals surface area contributed by atoms with Gasteiger partial charge in [0, 0.05) is 12.4 Å². The Balaban J connectivity index is 1.73. The van der Waals surface area contributed by atoms with E-state index in [1.54, 1.807) is 42.7 Å². The predicted molar refractivity (Wildman–Crippen MR) is 130 cm³/mol. The molecule has 0 aliphatic carbocycles. The van der Waals surface area contributed by atoms with Gasteiger partial charge in [0.15, 0.2) is 11.5 Å². The molecule has 0 bridgehead atoms. The number of amides is 1. The average molecular weight is 570 g/mol. The number of nitrogens with one attached hydrogen (secondary N) is 1. The Bertz CT molecular complexity index is 1090. The number of nitrogens with zero attached hydrogens (tertiary/aromatic N) is 2. The molecule has 1 heterocycles. The van der Waals surface area contributed by atoms with Crippen molar-refractivity contribution in [1.82, 2.24) is 10.4 Å². The number of carbonyl (C=O) groups is 1. The molecule has 0 aliphatic heterocycles. The minimum Gasteiger partial charge on any atom is -0.490 e. The lowest BCUT2D eigenvalue weighted by molar-refractivity contribution is 0.0955. The zero-order valence-corrected chi connectivity index (χ0v) is 20.1. The predicted octanol–water partition coefficient (Wildman–Crippen LogP) is 5.73. The topological polar surface area (TPSA) is 72.8 Å². The molecule has 1 N–H and O–H groups in total. The summed E-state index contributed by atoms with van der Waals surface area (Å²) < 4.78 is 12.6. The molecule has 0 radical (unpaired) electrons. The molecule has 0 atom stereocenters. The number of pyridine rings is 1. The van der Waals surface area contributed by atoms with Crippen molar-refractivity contribution >= 4 is 57.9 Å². The highest BCUT2D eigenvalue weighted by Crippen LogP contribution is 2.35. The maximum Gasteiger partial charge on any atom is 0.272 e. The summed E-state index contributed by atoms with van der Waals surface area (Å²) in [6.45, 7) is 2.67. The van der Waals surface area contributed by atoms with E-state index in [1.807, 2.05) is 19.1 Å². The van der Waals surface area contributed by atoms with Crippen molar-refractivity contribution in [2.24, 2.45) is 5.10 Å². The fraction of sp³-hybridized carbons (Fsp3) is 0.136. The summed E-state index contributed by atoms with van der Waals surface area (Å²) in [6.07, 6.45) is 4.62. The number of rotatable bonds is 8. The van der Waals surface area contributed by atoms with Crippen molar-refractivity contribution < 1.29 is 14.3 Å². The lowest BCUT2D eigenvalue weighted by atomic mass is 10.2. The molecule has 0 aliphatic rings.